The molecule has 2 fully saturated rings. The number of pyridine rings is 1. The van der Waals surface area contributed by atoms with Crippen LogP contribution in [-0.4, -0.2) is 119 Å². The number of nitrogens with one attached hydrogen (secondary N) is 3. The van der Waals surface area contributed by atoms with Gasteiger partial charge in [0, 0.05) is 99.3 Å². The van der Waals surface area contributed by atoms with Crippen LogP contribution in [0.2, 0.25) is 0 Å². The van der Waals surface area contributed by atoms with Crippen molar-refractivity contribution in [1.29, 1.82) is 0 Å². The number of carbonyl (C=O) groups is 2. The Morgan fingerprint density at radius 1 is 0.871 bits per heavy atom. The van der Waals surface area contributed by atoms with Crippen molar-refractivity contribution in [1.82, 2.24) is 53.5 Å². The highest BCUT2D eigenvalue weighted by atomic mass is 19.1. The number of carbonyl (C=O) groups excluding carboxylic acids is 2. The summed E-state index contributed by atoms with van der Waals surface area (Å²) in [7, 11) is 6.10. The van der Waals surface area contributed by atoms with Crippen LogP contribution in [0.15, 0.2) is 67.5 Å². The van der Waals surface area contributed by atoms with Gasteiger partial charge in [-0.05, 0) is 71.1 Å². The van der Waals surface area contributed by atoms with Crippen LogP contribution in [0.3, 0.4) is 0 Å². The van der Waals surface area contributed by atoms with Gasteiger partial charge >= 0.3 is 0 Å². The average Bonchev–Trinajstić information content (AvgIpc) is 4.04. The lowest BCUT2D eigenvalue weighted by Gasteiger charge is -2.36. The number of anilines is 4. The van der Waals surface area contributed by atoms with Gasteiger partial charge in [0.25, 0.3) is 11.8 Å². The predicted molar refractivity (Wildman–Crippen MR) is 237 cm³/mol. The summed E-state index contributed by atoms with van der Waals surface area (Å²) in [6.07, 6.45) is 12.9. The molecule has 17 nitrogen and oxygen atoms in total. The summed E-state index contributed by atoms with van der Waals surface area (Å²) < 4.78 is 22.9. The van der Waals surface area contributed by atoms with E-state index in [1.54, 1.807) is 44.5 Å². The van der Waals surface area contributed by atoms with Crippen LogP contribution in [0.5, 0.6) is 0 Å². The first kappa shape index (κ1) is 39.2. The van der Waals surface area contributed by atoms with Crippen LogP contribution in [0, 0.1) is 19.7 Å². The number of imidazole rings is 2. The Labute approximate surface area is 356 Å². The molecule has 318 valence electrons. The van der Waals surface area contributed by atoms with Gasteiger partial charge in [-0.1, -0.05) is 0 Å². The molecule has 18 heteroatoms. The molecular weight excluding hydrogens is 790 g/mol. The molecule has 2 aliphatic heterocycles. The van der Waals surface area contributed by atoms with Crippen LogP contribution in [0.4, 0.5) is 27.3 Å². The van der Waals surface area contributed by atoms with Crippen molar-refractivity contribution >= 4 is 67.8 Å². The Morgan fingerprint density at radius 2 is 1.61 bits per heavy atom. The van der Waals surface area contributed by atoms with Gasteiger partial charge in [-0.15, -0.1) is 0 Å². The fourth-order valence-corrected chi connectivity index (χ4v) is 9.01. The number of nitrogens with zero attached hydrogens (tertiary/aromatic N) is 12. The molecule has 6 aromatic heterocycles. The normalized spacial score (nSPS) is 15.4. The topological polar surface area (TPSA) is 163 Å². The first-order valence-corrected chi connectivity index (χ1v) is 20.9. The highest BCUT2D eigenvalue weighted by molar-refractivity contribution is 6.14. The van der Waals surface area contributed by atoms with Crippen molar-refractivity contribution in [3.63, 3.8) is 0 Å². The average molecular weight is 838 g/mol. The molecule has 0 spiro atoms. The zero-order chi connectivity index (χ0) is 42.8. The smallest absolute Gasteiger partial charge is 0.259 e. The maximum absolute atomic E-state index is 15.9. The number of hydrogen-bond donors (Lipinski definition) is 3. The van der Waals surface area contributed by atoms with Gasteiger partial charge in [-0.3, -0.25) is 23.4 Å². The molecular formula is C44H48FN15O2. The number of piperazine rings is 1. The van der Waals surface area contributed by atoms with Crippen LogP contribution < -0.4 is 25.8 Å². The third-order valence-electron chi connectivity index (χ3n) is 12.3. The van der Waals surface area contributed by atoms with E-state index in [1.165, 1.54) is 6.07 Å². The number of fused-ring (bicyclic) bond motifs is 4. The predicted octanol–water partition coefficient (Wildman–Crippen LogP) is 4.86. The lowest BCUT2D eigenvalue weighted by molar-refractivity contribution is 0.101. The molecule has 8 heterocycles. The third-order valence-corrected chi connectivity index (χ3v) is 12.3. The maximum Gasteiger partial charge on any atom is 0.259 e. The summed E-state index contributed by atoms with van der Waals surface area (Å²) in [6, 6.07) is 9.21. The number of aryl methyl sites for hydroxylation is 3. The Bertz CT molecular complexity index is 3040. The monoisotopic (exact) mass is 837 g/mol. The molecule has 8 aromatic rings. The Hall–Kier alpha value is -6.92. The van der Waals surface area contributed by atoms with Crippen LogP contribution in [0.1, 0.15) is 50.6 Å². The molecule has 0 saturated carbocycles. The second-order valence-corrected chi connectivity index (χ2v) is 16.5. The summed E-state index contributed by atoms with van der Waals surface area (Å²) >= 11 is 0. The zero-order valence-corrected chi connectivity index (χ0v) is 35.4. The molecule has 10 rings (SSSR count). The highest BCUT2D eigenvalue weighted by Crippen LogP contribution is 2.33. The SMILES string of the molecule is Cc1cn2cc(NC(=O)c3ccc(N4CCNCC4)c4cn(Cc5c(C)nc6c(F)cc(NC(=O)c7ccc(N(C)C8CCN(C)CC8)c8cn(C)nc78)cn56)nc34)ncc2n1. The Morgan fingerprint density at radius 3 is 2.40 bits per heavy atom. The van der Waals surface area contributed by atoms with Gasteiger partial charge in [-0.2, -0.15) is 10.2 Å². The van der Waals surface area contributed by atoms with Crippen molar-refractivity contribution in [2.24, 2.45) is 7.05 Å². The number of aromatic nitrogens is 9. The van der Waals surface area contributed by atoms with E-state index in [0.29, 0.717) is 51.1 Å². The third kappa shape index (κ3) is 7.13. The van der Waals surface area contributed by atoms with Gasteiger partial charge in [0.05, 0.1) is 52.8 Å². The van der Waals surface area contributed by atoms with Crippen molar-refractivity contribution in [2.75, 3.05) is 73.8 Å². The molecule has 0 bridgehead atoms. The molecule has 62 heavy (non-hydrogen) atoms. The number of halogens is 1. The van der Waals surface area contributed by atoms with Gasteiger partial charge in [0.1, 0.15) is 16.9 Å². The van der Waals surface area contributed by atoms with Crippen molar-refractivity contribution in [3.05, 3.63) is 102 Å². The highest BCUT2D eigenvalue weighted by Gasteiger charge is 2.26. The van der Waals surface area contributed by atoms with Crippen molar-refractivity contribution in [2.45, 2.75) is 39.3 Å². The van der Waals surface area contributed by atoms with Crippen molar-refractivity contribution in [3.8, 4) is 0 Å². The molecule has 0 radical (unpaired) electrons. The largest absolute Gasteiger partial charge is 0.371 e. The molecule has 2 saturated heterocycles. The summed E-state index contributed by atoms with van der Waals surface area (Å²) in [5.74, 6) is -0.967. The molecule has 2 amide bonds. The molecule has 0 aliphatic carbocycles. The van der Waals surface area contributed by atoms with Gasteiger partial charge in [-0.25, -0.2) is 19.3 Å². The van der Waals surface area contributed by atoms with E-state index in [2.05, 4.69) is 59.7 Å². The van der Waals surface area contributed by atoms with Crippen LogP contribution in [-0.2, 0) is 13.6 Å². The Balaban J connectivity index is 0.958. The minimum Gasteiger partial charge on any atom is -0.371 e. The fraction of sp³-hybridized carbons (Fsp3) is 0.341. The molecule has 0 unspecified atom stereocenters. The van der Waals surface area contributed by atoms with Crippen LogP contribution in [0.25, 0.3) is 33.1 Å². The van der Waals surface area contributed by atoms with Gasteiger partial charge in [0.2, 0.25) is 0 Å². The molecule has 3 N–H and O–H groups in total. The van der Waals surface area contributed by atoms with E-state index in [-0.39, 0.29) is 23.8 Å². The van der Waals surface area contributed by atoms with E-state index >= 15 is 4.39 Å². The van der Waals surface area contributed by atoms with Crippen molar-refractivity contribution < 1.29 is 14.0 Å². The standard InChI is InChI=1S/C44H48FN15O2/c1-26-20-58-25-38(47-19-39(58)48-26)51-44(62)31-7-9-36(57-16-12-46-13-17-57)33-23-59(53-41(31)33)24-37-27(2)49-42-34(45)18-28(21-60(37)42)50-43(61)30-6-8-35(32-22-55(4)52-40(30)32)56(5)29-10-14-54(3)15-11-29/h6-9,18-23,25,29,46H,10-17,24H2,1-5H3,(H,50,61)(H,51,62). The zero-order valence-electron chi connectivity index (χ0n) is 35.4. The van der Waals surface area contributed by atoms with Gasteiger partial charge in [0.15, 0.2) is 17.1 Å². The summed E-state index contributed by atoms with van der Waals surface area (Å²) in [4.78, 5) is 48.3. The minimum absolute atomic E-state index is 0.125. The number of likely N-dealkylation sites (tertiary alicyclic amines) is 1. The first-order valence-electron chi connectivity index (χ1n) is 20.9. The molecule has 0 atom stereocenters. The quantitative estimate of drug-likeness (QED) is 0.182. The fourth-order valence-electron chi connectivity index (χ4n) is 9.01. The van der Waals surface area contributed by atoms with E-state index in [9.17, 15) is 9.59 Å². The second-order valence-electron chi connectivity index (χ2n) is 16.5. The lowest BCUT2D eigenvalue weighted by atomic mass is 10.0. The van der Waals surface area contributed by atoms with Crippen LogP contribution >= 0.6 is 0 Å². The van der Waals surface area contributed by atoms with E-state index in [0.717, 1.165) is 80.0 Å². The summed E-state index contributed by atoms with van der Waals surface area (Å²) in [5, 5.41) is 20.7. The van der Waals surface area contributed by atoms with E-state index in [4.69, 9.17) is 10.2 Å². The van der Waals surface area contributed by atoms with E-state index < -0.39 is 11.7 Å². The number of amides is 2. The molecule has 2 aromatic carbocycles. The maximum atomic E-state index is 15.9. The number of hydrogen-bond acceptors (Lipinski definition) is 11. The lowest BCUT2D eigenvalue weighted by Crippen LogP contribution is -2.43. The van der Waals surface area contributed by atoms with E-state index in [1.807, 2.05) is 56.0 Å². The molecule has 2 aliphatic rings. The number of piperidine rings is 1. The Kier molecular flexibility index (Phi) is 9.82. The number of benzene rings is 2. The first-order chi connectivity index (χ1) is 30.0. The van der Waals surface area contributed by atoms with Gasteiger partial charge < -0.3 is 35.1 Å². The summed E-state index contributed by atoms with van der Waals surface area (Å²) in [5.41, 5.74) is 7.03. The second kappa shape index (κ2) is 15.5. The summed E-state index contributed by atoms with van der Waals surface area (Å²) in [6.45, 7) is 9.25. The number of rotatable bonds is 9. The minimum atomic E-state index is -0.585.